The van der Waals surface area contributed by atoms with Gasteiger partial charge in [0.1, 0.15) is 5.69 Å². The van der Waals surface area contributed by atoms with Gasteiger partial charge in [-0.3, -0.25) is 9.36 Å². The number of nitrogen functional groups attached to an aromatic ring is 1. The minimum absolute atomic E-state index is 0.00133. The summed E-state index contributed by atoms with van der Waals surface area (Å²) in [5.41, 5.74) is 5.25. The van der Waals surface area contributed by atoms with Gasteiger partial charge >= 0.3 is 0 Å². The molecule has 2 heterocycles. The first kappa shape index (κ1) is 12.1. The molecule has 2 aromatic rings. The van der Waals surface area contributed by atoms with Gasteiger partial charge in [0.05, 0.1) is 12.9 Å². The third kappa shape index (κ3) is 2.50. The maximum atomic E-state index is 11.8. The van der Waals surface area contributed by atoms with Gasteiger partial charge < -0.3 is 5.73 Å². The van der Waals surface area contributed by atoms with Crippen molar-refractivity contribution in [1.29, 1.82) is 0 Å². The normalized spacial score (nSPS) is 10.7. The number of hydrogen-bond donors (Lipinski definition) is 1. The Bertz CT molecular complexity index is 591. The zero-order valence-corrected chi connectivity index (χ0v) is 10.9. The number of hydrogen-bond acceptors (Lipinski definition) is 4. The Morgan fingerprint density at radius 1 is 1.47 bits per heavy atom. The molecule has 0 saturated carbocycles. The van der Waals surface area contributed by atoms with Crippen LogP contribution in [0.3, 0.4) is 0 Å². The van der Waals surface area contributed by atoms with E-state index in [1.165, 1.54) is 15.8 Å². The molecule has 2 rings (SSSR count). The van der Waals surface area contributed by atoms with Gasteiger partial charge in [-0.1, -0.05) is 18.5 Å². The fourth-order valence-electron chi connectivity index (χ4n) is 1.46. The van der Waals surface area contributed by atoms with Gasteiger partial charge in [-0.15, -0.1) is 11.3 Å². The van der Waals surface area contributed by atoms with Crippen LogP contribution in [-0.2, 0) is 13.0 Å². The maximum Gasteiger partial charge on any atom is 0.278 e. The van der Waals surface area contributed by atoms with Gasteiger partial charge in [0.25, 0.3) is 5.56 Å². The molecule has 0 spiro atoms. The average Bonchev–Trinajstić information content (AvgIpc) is 2.78. The number of nitrogens with zero attached hydrogens (tertiary/aromatic N) is 2. The van der Waals surface area contributed by atoms with E-state index in [0.717, 1.165) is 11.3 Å². The molecule has 0 aliphatic carbocycles. The van der Waals surface area contributed by atoms with E-state index in [2.05, 4.69) is 18.0 Å². The Balaban J connectivity index is 2.30. The molecule has 0 atom stereocenters. The van der Waals surface area contributed by atoms with Crippen LogP contribution in [0.25, 0.3) is 0 Å². The van der Waals surface area contributed by atoms with Gasteiger partial charge in [0, 0.05) is 9.75 Å². The predicted octanol–water partition coefficient (Wildman–Crippen LogP) is 2.15. The minimum atomic E-state index is -0.295. The van der Waals surface area contributed by atoms with Crippen molar-refractivity contribution in [2.24, 2.45) is 0 Å². The summed E-state index contributed by atoms with van der Waals surface area (Å²) in [5.74, 6) is 0. The van der Waals surface area contributed by atoms with E-state index >= 15 is 0 Å². The molecule has 0 bridgehead atoms. The Hall–Kier alpha value is -1.33. The van der Waals surface area contributed by atoms with Crippen molar-refractivity contribution < 1.29 is 0 Å². The third-order valence-electron chi connectivity index (χ3n) is 2.42. The first-order chi connectivity index (χ1) is 8.11. The highest BCUT2D eigenvalue weighted by molar-refractivity contribution is 7.11. The monoisotopic (exact) mass is 269 g/mol. The van der Waals surface area contributed by atoms with Crippen LogP contribution in [0.2, 0.25) is 5.15 Å². The topological polar surface area (TPSA) is 60.9 Å². The van der Waals surface area contributed by atoms with Crippen LogP contribution in [0, 0.1) is 0 Å². The Labute approximate surface area is 108 Å². The summed E-state index contributed by atoms with van der Waals surface area (Å²) < 4.78 is 1.46. The van der Waals surface area contributed by atoms with Crippen LogP contribution < -0.4 is 11.3 Å². The number of anilines is 1. The van der Waals surface area contributed by atoms with Crippen molar-refractivity contribution in [1.82, 2.24) is 9.55 Å². The lowest BCUT2D eigenvalue weighted by atomic mass is 10.3. The van der Waals surface area contributed by atoms with Crippen LogP contribution in [0.5, 0.6) is 0 Å². The second-order valence-electron chi connectivity index (χ2n) is 3.60. The van der Waals surface area contributed by atoms with Crippen molar-refractivity contribution in [3.8, 4) is 0 Å². The van der Waals surface area contributed by atoms with Crippen molar-refractivity contribution in [3.63, 3.8) is 0 Å². The minimum Gasteiger partial charge on any atom is -0.392 e. The van der Waals surface area contributed by atoms with E-state index in [0.29, 0.717) is 6.54 Å². The summed E-state index contributed by atoms with van der Waals surface area (Å²) in [6.07, 6.45) is 2.42. The van der Waals surface area contributed by atoms with E-state index in [1.807, 2.05) is 6.07 Å². The van der Waals surface area contributed by atoms with Crippen LogP contribution in [0.4, 0.5) is 5.69 Å². The fraction of sp³-hybridized carbons (Fsp3) is 0.273. The quantitative estimate of drug-likeness (QED) is 0.869. The van der Waals surface area contributed by atoms with Crippen molar-refractivity contribution in [3.05, 3.63) is 43.7 Å². The number of halogens is 1. The maximum absolute atomic E-state index is 11.8. The molecule has 4 nitrogen and oxygen atoms in total. The van der Waals surface area contributed by atoms with E-state index in [9.17, 15) is 4.79 Å². The lowest BCUT2D eigenvalue weighted by Gasteiger charge is -2.04. The summed E-state index contributed by atoms with van der Waals surface area (Å²) in [7, 11) is 0. The highest BCUT2D eigenvalue weighted by atomic mass is 35.5. The summed E-state index contributed by atoms with van der Waals surface area (Å²) in [6, 6.07) is 4.08. The molecule has 6 heteroatoms. The van der Waals surface area contributed by atoms with Gasteiger partial charge in [0.2, 0.25) is 0 Å². The molecule has 0 fully saturated rings. The molecule has 90 valence electrons. The summed E-state index contributed by atoms with van der Waals surface area (Å²) >= 11 is 7.35. The van der Waals surface area contributed by atoms with Crippen LogP contribution >= 0.6 is 22.9 Å². The highest BCUT2D eigenvalue weighted by Crippen LogP contribution is 2.18. The first-order valence-corrected chi connectivity index (χ1v) is 6.39. The number of aryl methyl sites for hydroxylation is 1. The molecule has 0 unspecified atom stereocenters. The Morgan fingerprint density at radius 3 is 2.82 bits per heavy atom. The lowest BCUT2D eigenvalue weighted by Crippen LogP contribution is -2.23. The molecule has 0 aliphatic rings. The molecule has 0 radical (unpaired) electrons. The Morgan fingerprint density at radius 2 is 2.18 bits per heavy atom. The first-order valence-electron chi connectivity index (χ1n) is 5.19. The molecule has 0 aliphatic heterocycles. The highest BCUT2D eigenvalue weighted by Gasteiger charge is 2.07. The van der Waals surface area contributed by atoms with E-state index < -0.39 is 0 Å². The number of thiophene rings is 1. The van der Waals surface area contributed by atoms with Gasteiger partial charge in [0.15, 0.2) is 5.15 Å². The fourth-order valence-corrected chi connectivity index (χ4v) is 2.54. The summed E-state index contributed by atoms with van der Waals surface area (Å²) in [6.45, 7) is 2.58. The summed E-state index contributed by atoms with van der Waals surface area (Å²) in [4.78, 5) is 18.1. The van der Waals surface area contributed by atoms with E-state index in [1.54, 1.807) is 11.3 Å². The molecule has 0 amide bonds. The second kappa shape index (κ2) is 4.89. The average molecular weight is 270 g/mol. The second-order valence-corrected chi connectivity index (χ2v) is 5.21. The lowest BCUT2D eigenvalue weighted by molar-refractivity contribution is 0.749. The van der Waals surface area contributed by atoms with E-state index in [4.69, 9.17) is 17.3 Å². The van der Waals surface area contributed by atoms with E-state index in [-0.39, 0.29) is 16.4 Å². The van der Waals surface area contributed by atoms with Crippen LogP contribution in [-0.4, -0.2) is 9.55 Å². The van der Waals surface area contributed by atoms with Crippen molar-refractivity contribution in [2.45, 2.75) is 19.9 Å². The SMILES string of the molecule is CCc1ccc(Cn2cnc(Cl)c(N)c2=O)s1. The van der Waals surface area contributed by atoms with Crippen molar-refractivity contribution in [2.75, 3.05) is 5.73 Å². The van der Waals surface area contributed by atoms with Crippen LogP contribution in [0.15, 0.2) is 23.3 Å². The number of nitrogens with two attached hydrogens (primary N) is 1. The predicted molar refractivity (Wildman–Crippen MR) is 70.7 cm³/mol. The Kier molecular flexibility index (Phi) is 3.49. The molecule has 2 aromatic heterocycles. The molecule has 17 heavy (non-hydrogen) atoms. The molecule has 2 N–H and O–H groups in total. The van der Waals surface area contributed by atoms with Gasteiger partial charge in [-0.05, 0) is 18.6 Å². The zero-order chi connectivity index (χ0) is 12.4. The number of rotatable bonds is 3. The molecule has 0 aromatic carbocycles. The van der Waals surface area contributed by atoms with Gasteiger partial charge in [-0.2, -0.15) is 0 Å². The number of aromatic nitrogens is 2. The van der Waals surface area contributed by atoms with Crippen molar-refractivity contribution >= 4 is 28.6 Å². The van der Waals surface area contributed by atoms with Gasteiger partial charge in [-0.25, -0.2) is 4.98 Å². The standard InChI is InChI=1S/C11H12ClN3OS/c1-2-7-3-4-8(17-7)5-15-6-14-10(12)9(13)11(15)16/h3-4,6H,2,5,13H2,1H3. The van der Waals surface area contributed by atoms with Crippen LogP contribution in [0.1, 0.15) is 16.7 Å². The zero-order valence-electron chi connectivity index (χ0n) is 9.31. The molecule has 0 saturated heterocycles. The third-order valence-corrected chi connectivity index (χ3v) is 3.93. The summed E-state index contributed by atoms with van der Waals surface area (Å²) in [5, 5.41) is 0.0617. The molecular formula is C11H12ClN3OS. The molecular weight excluding hydrogens is 258 g/mol. The smallest absolute Gasteiger partial charge is 0.278 e. The largest absolute Gasteiger partial charge is 0.392 e.